The molecule has 1 aromatic heterocycles. The summed E-state index contributed by atoms with van der Waals surface area (Å²) in [5, 5.41) is 6.23. The lowest BCUT2D eigenvalue weighted by atomic mass is 10.3. The molecule has 1 aliphatic heterocycles. The fourth-order valence-electron chi connectivity index (χ4n) is 1.39. The van der Waals surface area contributed by atoms with E-state index in [1.54, 1.807) is 0 Å². The molecule has 0 saturated carbocycles. The van der Waals surface area contributed by atoms with E-state index in [1.165, 1.54) is 34.3 Å². The van der Waals surface area contributed by atoms with Gasteiger partial charge in [-0.05, 0) is 0 Å². The van der Waals surface area contributed by atoms with E-state index in [0.29, 0.717) is 11.2 Å². The summed E-state index contributed by atoms with van der Waals surface area (Å²) in [6.07, 6.45) is 0. The maximum absolute atomic E-state index is 5.58. The highest BCUT2D eigenvalue weighted by Gasteiger charge is 2.12. The van der Waals surface area contributed by atoms with E-state index in [0.717, 1.165) is 12.2 Å². The number of thioether (sulfide) groups is 2. The SMILES string of the molecule is Nc1nc(CNC2CSCCSC2)cs1. The molecular weight excluding hydrogens is 246 g/mol. The van der Waals surface area contributed by atoms with Gasteiger partial charge in [0.25, 0.3) is 0 Å². The van der Waals surface area contributed by atoms with Crippen molar-refractivity contribution in [2.75, 3.05) is 28.7 Å². The number of aromatic nitrogens is 1. The lowest BCUT2D eigenvalue weighted by molar-refractivity contribution is 0.598. The molecule has 2 heterocycles. The summed E-state index contributed by atoms with van der Waals surface area (Å²) in [6, 6.07) is 0.616. The smallest absolute Gasteiger partial charge is 0.180 e. The zero-order valence-corrected chi connectivity index (χ0v) is 10.9. The van der Waals surface area contributed by atoms with Crippen LogP contribution >= 0.6 is 34.9 Å². The van der Waals surface area contributed by atoms with E-state index < -0.39 is 0 Å². The monoisotopic (exact) mass is 261 g/mol. The molecule has 0 radical (unpaired) electrons. The Kier molecular flexibility index (Phi) is 4.61. The summed E-state index contributed by atoms with van der Waals surface area (Å²) in [5.41, 5.74) is 6.65. The number of hydrogen-bond acceptors (Lipinski definition) is 6. The number of anilines is 1. The first-order chi connectivity index (χ1) is 7.34. The first-order valence-corrected chi connectivity index (χ1v) is 8.12. The number of rotatable bonds is 3. The minimum Gasteiger partial charge on any atom is -0.375 e. The molecule has 2 rings (SSSR count). The van der Waals surface area contributed by atoms with Crippen LogP contribution in [0.15, 0.2) is 5.38 Å². The molecule has 0 atom stereocenters. The van der Waals surface area contributed by atoms with Crippen molar-refractivity contribution in [1.29, 1.82) is 0 Å². The molecule has 3 N–H and O–H groups in total. The molecular formula is C9H15N3S3. The Balaban J connectivity index is 1.76. The maximum atomic E-state index is 5.58. The second kappa shape index (κ2) is 5.98. The number of hydrogen-bond donors (Lipinski definition) is 2. The Morgan fingerprint density at radius 2 is 2.13 bits per heavy atom. The molecule has 0 spiro atoms. The van der Waals surface area contributed by atoms with Gasteiger partial charge in [-0.2, -0.15) is 23.5 Å². The topological polar surface area (TPSA) is 50.9 Å². The Morgan fingerprint density at radius 3 is 2.73 bits per heavy atom. The molecule has 0 amide bonds. The van der Waals surface area contributed by atoms with Gasteiger partial charge >= 0.3 is 0 Å². The third-order valence-electron chi connectivity index (χ3n) is 2.15. The van der Waals surface area contributed by atoms with Gasteiger partial charge in [-0.15, -0.1) is 11.3 Å². The van der Waals surface area contributed by atoms with Crippen LogP contribution in [0.5, 0.6) is 0 Å². The van der Waals surface area contributed by atoms with Gasteiger partial charge in [0.1, 0.15) is 0 Å². The zero-order valence-electron chi connectivity index (χ0n) is 8.44. The number of nitrogens with zero attached hydrogens (tertiary/aromatic N) is 1. The average molecular weight is 261 g/mol. The normalized spacial score (nSPS) is 18.9. The van der Waals surface area contributed by atoms with Crippen molar-refractivity contribution in [2.24, 2.45) is 0 Å². The third-order valence-corrected chi connectivity index (χ3v) is 5.39. The fourth-order valence-corrected chi connectivity index (χ4v) is 4.42. The predicted molar refractivity (Wildman–Crippen MR) is 71.8 cm³/mol. The predicted octanol–water partition coefficient (Wildman–Crippen LogP) is 1.66. The molecule has 1 saturated heterocycles. The van der Waals surface area contributed by atoms with Crippen molar-refractivity contribution in [2.45, 2.75) is 12.6 Å². The molecule has 0 unspecified atom stereocenters. The summed E-state index contributed by atoms with van der Waals surface area (Å²) in [7, 11) is 0. The van der Waals surface area contributed by atoms with E-state index in [4.69, 9.17) is 5.73 Å². The van der Waals surface area contributed by atoms with Crippen molar-refractivity contribution in [3.63, 3.8) is 0 Å². The third kappa shape index (κ3) is 3.86. The van der Waals surface area contributed by atoms with Gasteiger partial charge in [-0.25, -0.2) is 4.98 Å². The largest absolute Gasteiger partial charge is 0.375 e. The first kappa shape index (κ1) is 11.6. The van der Waals surface area contributed by atoms with Gasteiger partial charge in [0.05, 0.1) is 5.69 Å². The quantitative estimate of drug-likeness (QED) is 0.867. The van der Waals surface area contributed by atoms with Crippen molar-refractivity contribution in [1.82, 2.24) is 10.3 Å². The molecule has 0 aliphatic carbocycles. The highest BCUT2D eigenvalue weighted by atomic mass is 32.2. The minimum absolute atomic E-state index is 0.616. The van der Waals surface area contributed by atoms with Crippen molar-refractivity contribution >= 4 is 40.0 Å². The molecule has 6 heteroatoms. The van der Waals surface area contributed by atoms with E-state index in [9.17, 15) is 0 Å². The van der Waals surface area contributed by atoms with Gasteiger partial charge in [0.15, 0.2) is 5.13 Å². The van der Waals surface area contributed by atoms with E-state index in [-0.39, 0.29) is 0 Å². The van der Waals surface area contributed by atoms with Crippen LogP contribution in [-0.4, -0.2) is 34.0 Å². The molecule has 3 nitrogen and oxygen atoms in total. The Bertz CT molecular complexity index is 295. The molecule has 15 heavy (non-hydrogen) atoms. The fraction of sp³-hybridized carbons (Fsp3) is 0.667. The highest BCUT2D eigenvalue weighted by molar-refractivity contribution is 8.03. The van der Waals surface area contributed by atoms with E-state index in [2.05, 4.69) is 10.3 Å². The van der Waals surface area contributed by atoms with Crippen molar-refractivity contribution < 1.29 is 0 Å². The van der Waals surface area contributed by atoms with E-state index in [1.807, 2.05) is 28.9 Å². The second-order valence-corrected chi connectivity index (χ2v) is 6.59. The van der Waals surface area contributed by atoms with Gasteiger partial charge < -0.3 is 11.1 Å². The van der Waals surface area contributed by atoms with Crippen LogP contribution in [-0.2, 0) is 6.54 Å². The average Bonchev–Trinajstić information content (AvgIpc) is 2.52. The lowest BCUT2D eigenvalue weighted by Gasteiger charge is -2.14. The zero-order chi connectivity index (χ0) is 10.5. The molecule has 1 fully saturated rings. The van der Waals surface area contributed by atoms with Crippen molar-refractivity contribution in [3.05, 3.63) is 11.1 Å². The Labute approximate surface area is 103 Å². The van der Waals surface area contributed by atoms with Crippen LogP contribution in [0.3, 0.4) is 0 Å². The molecule has 84 valence electrons. The van der Waals surface area contributed by atoms with Gasteiger partial charge in [0, 0.05) is 41.0 Å². The number of nitrogens with two attached hydrogens (primary N) is 1. The van der Waals surface area contributed by atoms with Gasteiger partial charge in [-0.3, -0.25) is 0 Å². The summed E-state index contributed by atoms with van der Waals surface area (Å²) >= 11 is 5.59. The summed E-state index contributed by atoms with van der Waals surface area (Å²) in [5.74, 6) is 5.00. The van der Waals surface area contributed by atoms with Crippen LogP contribution in [0.25, 0.3) is 0 Å². The number of thiazole rings is 1. The molecule has 0 bridgehead atoms. The summed E-state index contributed by atoms with van der Waals surface area (Å²) < 4.78 is 0. The van der Waals surface area contributed by atoms with Gasteiger partial charge in [0.2, 0.25) is 0 Å². The van der Waals surface area contributed by atoms with E-state index >= 15 is 0 Å². The second-order valence-electron chi connectivity index (χ2n) is 3.40. The van der Waals surface area contributed by atoms with Crippen molar-refractivity contribution in [3.8, 4) is 0 Å². The summed E-state index contributed by atoms with van der Waals surface area (Å²) in [4.78, 5) is 4.24. The lowest BCUT2D eigenvalue weighted by Crippen LogP contribution is -2.32. The Morgan fingerprint density at radius 1 is 1.40 bits per heavy atom. The minimum atomic E-state index is 0.616. The van der Waals surface area contributed by atoms with Crippen LogP contribution in [0.2, 0.25) is 0 Å². The first-order valence-electron chi connectivity index (χ1n) is 4.93. The van der Waals surface area contributed by atoms with Crippen LogP contribution in [0.1, 0.15) is 5.69 Å². The molecule has 0 aromatic carbocycles. The number of nitrogen functional groups attached to an aromatic ring is 1. The highest BCUT2D eigenvalue weighted by Crippen LogP contribution is 2.17. The maximum Gasteiger partial charge on any atom is 0.180 e. The van der Waals surface area contributed by atoms with Crippen LogP contribution in [0.4, 0.5) is 5.13 Å². The standard InChI is InChI=1S/C9H15N3S3/c10-9-12-7(6-15-9)3-11-8-4-13-1-2-14-5-8/h6,8,11H,1-5H2,(H2,10,12). The number of nitrogens with one attached hydrogen (secondary N) is 1. The summed E-state index contributed by atoms with van der Waals surface area (Å²) in [6.45, 7) is 0.847. The van der Waals surface area contributed by atoms with Crippen LogP contribution < -0.4 is 11.1 Å². The van der Waals surface area contributed by atoms with Gasteiger partial charge in [-0.1, -0.05) is 0 Å². The molecule has 1 aliphatic rings. The molecule has 1 aromatic rings. The van der Waals surface area contributed by atoms with Crippen LogP contribution in [0, 0.1) is 0 Å². The Hall–Kier alpha value is 0.0900.